The summed E-state index contributed by atoms with van der Waals surface area (Å²) >= 11 is 12.6. The lowest BCUT2D eigenvalue weighted by Crippen LogP contribution is -2.32. The monoisotopic (exact) mass is 464 g/mol. The molecule has 1 saturated heterocycles. The summed E-state index contributed by atoms with van der Waals surface area (Å²) < 4.78 is 7.10. The topological polar surface area (TPSA) is 51.5 Å². The Morgan fingerprint density at radius 1 is 1.16 bits per heavy atom. The standard InChI is InChI=1S/C24H30Cl2N2O3/c1-16-6-5-12-27(16)15-21-19(25)14-20(26)22(29)28(21)13-11-17-7-9-18(10-8-17)23(30)31-24(2,3)4/h7-10,14,16H,5-6,11-13,15H2,1-4H3/t16-/m0/s1. The van der Waals surface area contributed by atoms with Gasteiger partial charge in [-0.2, -0.15) is 0 Å². The molecule has 1 aromatic heterocycles. The van der Waals surface area contributed by atoms with Gasteiger partial charge in [-0.15, -0.1) is 0 Å². The minimum atomic E-state index is -0.536. The Bertz CT molecular complexity index is 994. The Hall–Kier alpha value is -1.82. The van der Waals surface area contributed by atoms with Gasteiger partial charge in [-0.25, -0.2) is 4.79 Å². The fourth-order valence-electron chi connectivity index (χ4n) is 3.84. The van der Waals surface area contributed by atoms with Crippen molar-refractivity contribution in [2.75, 3.05) is 6.54 Å². The van der Waals surface area contributed by atoms with Crippen LogP contribution in [0.4, 0.5) is 0 Å². The van der Waals surface area contributed by atoms with Gasteiger partial charge in [0.1, 0.15) is 10.6 Å². The highest BCUT2D eigenvalue weighted by Crippen LogP contribution is 2.25. The van der Waals surface area contributed by atoms with Crippen LogP contribution in [0.25, 0.3) is 0 Å². The first-order valence-corrected chi connectivity index (χ1v) is 11.4. The maximum Gasteiger partial charge on any atom is 0.338 e. The maximum atomic E-state index is 12.8. The Morgan fingerprint density at radius 3 is 2.42 bits per heavy atom. The van der Waals surface area contributed by atoms with E-state index in [0.717, 1.165) is 30.6 Å². The van der Waals surface area contributed by atoms with Crippen LogP contribution >= 0.6 is 23.2 Å². The number of esters is 1. The third kappa shape index (κ3) is 6.12. The molecular weight excluding hydrogens is 435 g/mol. The number of aryl methyl sites for hydroxylation is 1. The molecule has 1 atom stereocenters. The van der Waals surface area contributed by atoms with Gasteiger partial charge in [0, 0.05) is 19.1 Å². The highest BCUT2D eigenvalue weighted by Gasteiger charge is 2.23. The second-order valence-corrected chi connectivity index (χ2v) is 9.97. The largest absolute Gasteiger partial charge is 0.456 e. The number of carbonyl (C=O) groups excluding carboxylic acids is 1. The van der Waals surface area contributed by atoms with E-state index in [4.69, 9.17) is 27.9 Å². The van der Waals surface area contributed by atoms with Crippen LogP contribution in [0.5, 0.6) is 0 Å². The molecule has 5 nitrogen and oxygen atoms in total. The first-order valence-electron chi connectivity index (χ1n) is 10.7. The third-order valence-electron chi connectivity index (χ3n) is 5.56. The fraction of sp³-hybridized carbons (Fsp3) is 0.500. The molecule has 1 aliphatic rings. The van der Waals surface area contributed by atoms with Crippen molar-refractivity contribution in [2.45, 2.75) is 71.7 Å². The summed E-state index contributed by atoms with van der Waals surface area (Å²) in [7, 11) is 0. The predicted octanol–water partition coefficient (Wildman–Crippen LogP) is 5.34. The van der Waals surface area contributed by atoms with Crippen LogP contribution in [0, 0.1) is 0 Å². The van der Waals surface area contributed by atoms with E-state index in [1.165, 1.54) is 0 Å². The number of carbonyl (C=O) groups is 1. The number of likely N-dealkylation sites (tertiary alicyclic amines) is 1. The third-order valence-corrected chi connectivity index (χ3v) is 6.16. The van der Waals surface area contributed by atoms with E-state index >= 15 is 0 Å². The predicted molar refractivity (Wildman–Crippen MR) is 125 cm³/mol. The Morgan fingerprint density at radius 2 is 1.84 bits per heavy atom. The quantitative estimate of drug-likeness (QED) is 0.541. The van der Waals surface area contributed by atoms with Crippen molar-refractivity contribution in [1.29, 1.82) is 0 Å². The van der Waals surface area contributed by atoms with Crippen LogP contribution in [-0.2, 0) is 24.2 Å². The lowest BCUT2D eigenvalue weighted by molar-refractivity contribution is 0.00695. The van der Waals surface area contributed by atoms with E-state index in [9.17, 15) is 9.59 Å². The molecular formula is C24H30Cl2N2O3. The van der Waals surface area contributed by atoms with E-state index < -0.39 is 5.60 Å². The van der Waals surface area contributed by atoms with Crippen molar-refractivity contribution in [2.24, 2.45) is 0 Å². The minimum absolute atomic E-state index is 0.128. The molecule has 3 rings (SSSR count). The van der Waals surface area contributed by atoms with E-state index in [-0.39, 0.29) is 16.6 Å². The molecule has 2 heterocycles. The van der Waals surface area contributed by atoms with E-state index in [1.54, 1.807) is 22.8 Å². The number of rotatable bonds is 6. The van der Waals surface area contributed by atoms with Crippen LogP contribution in [0.2, 0.25) is 10.0 Å². The van der Waals surface area contributed by atoms with Gasteiger partial charge in [0.05, 0.1) is 16.3 Å². The molecule has 0 amide bonds. The first-order chi connectivity index (χ1) is 14.5. The van der Waals surface area contributed by atoms with E-state index in [2.05, 4.69) is 11.8 Å². The zero-order chi connectivity index (χ0) is 22.8. The van der Waals surface area contributed by atoms with Gasteiger partial charge in [0.25, 0.3) is 5.56 Å². The minimum Gasteiger partial charge on any atom is -0.456 e. The molecule has 0 spiro atoms. The Kier molecular flexibility index (Phi) is 7.51. The van der Waals surface area contributed by atoms with Crippen LogP contribution < -0.4 is 5.56 Å². The summed E-state index contributed by atoms with van der Waals surface area (Å²) in [6.07, 6.45) is 2.92. The summed E-state index contributed by atoms with van der Waals surface area (Å²) in [4.78, 5) is 27.3. The van der Waals surface area contributed by atoms with Crippen molar-refractivity contribution in [3.63, 3.8) is 0 Å². The molecule has 1 aromatic carbocycles. The molecule has 0 unspecified atom stereocenters. The van der Waals surface area contributed by atoms with Crippen LogP contribution in [0.1, 0.15) is 62.2 Å². The van der Waals surface area contributed by atoms with Gasteiger partial charge in [0.2, 0.25) is 0 Å². The molecule has 0 N–H and O–H groups in total. The van der Waals surface area contributed by atoms with Crippen molar-refractivity contribution in [3.8, 4) is 0 Å². The van der Waals surface area contributed by atoms with Gasteiger partial charge in [0.15, 0.2) is 0 Å². The fourth-order valence-corrected chi connectivity index (χ4v) is 4.38. The lowest BCUT2D eigenvalue weighted by Gasteiger charge is -2.24. The molecule has 1 aliphatic heterocycles. The molecule has 168 valence electrons. The second-order valence-electron chi connectivity index (χ2n) is 9.15. The summed E-state index contributed by atoms with van der Waals surface area (Å²) in [6.45, 7) is 9.81. The van der Waals surface area contributed by atoms with Crippen molar-refractivity contribution < 1.29 is 9.53 Å². The van der Waals surface area contributed by atoms with Crippen LogP contribution in [0.3, 0.4) is 0 Å². The number of pyridine rings is 1. The molecule has 0 radical (unpaired) electrons. The van der Waals surface area contributed by atoms with Gasteiger partial charge in [-0.1, -0.05) is 35.3 Å². The average Bonchev–Trinajstić information content (AvgIpc) is 3.09. The zero-order valence-corrected chi connectivity index (χ0v) is 20.1. The number of aromatic nitrogens is 1. The van der Waals surface area contributed by atoms with Crippen molar-refractivity contribution in [1.82, 2.24) is 9.47 Å². The number of halogens is 2. The number of ether oxygens (including phenoxy) is 1. The SMILES string of the molecule is C[C@H]1CCCN1Cc1c(Cl)cc(Cl)c(=O)n1CCc1ccc(C(=O)OC(C)(C)C)cc1. The molecule has 1 fully saturated rings. The number of nitrogens with zero attached hydrogens (tertiary/aromatic N) is 2. The molecule has 31 heavy (non-hydrogen) atoms. The number of hydrogen-bond acceptors (Lipinski definition) is 4. The molecule has 0 aliphatic carbocycles. The Balaban J connectivity index is 1.76. The van der Waals surface area contributed by atoms with Gasteiger partial charge < -0.3 is 9.30 Å². The van der Waals surface area contributed by atoms with Crippen molar-refractivity contribution >= 4 is 29.2 Å². The van der Waals surface area contributed by atoms with Crippen LogP contribution in [-0.4, -0.2) is 33.6 Å². The summed E-state index contributed by atoms with van der Waals surface area (Å²) in [6, 6.07) is 9.30. The molecule has 7 heteroatoms. The Labute approximate surface area is 193 Å². The first kappa shape index (κ1) is 23.8. The van der Waals surface area contributed by atoms with Crippen molar-refractivity contribution in [3.05, 3.63) is 67.6 Å². The number of benzene rings is 1. The maximum absolute atomic E-state index is 12.8. The molecule has 0 bridgehead atoms. The second kappa shape index (κ2) is 9.76. The van der Waals surface area contributed by atoms with Gasteiger partial charge in [-0.05, 0) is 77.3 Å². The molecule has 0 saturated carbocycles. The number of hydrogen-bond donors (Lipinski definition) is 0. The summed E-state index contributed by atoms with van der Waals surface area (Å²) in [5.74, 6) is -0.348. The highest BCUT2D eigenvalue weighted by molar-refractivity contribution is 6.34. The summed E-state index contributed by atoms with van der Waals surface area (Å²) in [5.41, 5.74) is 1.56. The lowest BCUT2D eigenvalue weighted by atomic mass is 10.1. The molecule has 2 aromatic rings. The average molecular weight is 465 g/mol. The zero-order valence-electron chi connectivity index (χ0n) is 18.6. The van der Waals surface area contributed by atoms with E-state index in [0.29, 0.717) is 36.1 Å². The smallest absolute Gasteiger partial charge is 0.338 e. The van der Waals surface area contributed by atoms with Crippen LogP contribution in [0.15, 0.2) is 35.1 Å². The highest BCUT2D eigenvalue weighted by atomic mass is 35.5. The van der Waals surface area contributed by atoms with Gasteiger partial charge >= 0.3 is 5.97 Å². The van der Waals surface area contributed by atoms with E-state index in [1.807, 2.05) is 32.9 Å². The summed E-state index contributed by atoms with van der Waals surface area (Å²) in [5, 5.41) is 0.646. The van der Waals surface area contributed by atoms with Gasteiger partial charge in [-0.3, -0.25) is 9.69 Å². The normalized spacial score (nSPS) is 17.2.